The van der Waals surface area contributed by atoms with Gasteiger partial charge in [-0.3, -0.25) is 0 Å². The third-order valence-electron chi connectivity index (χ3n) is 7.68. The summed E-state index contributed by atoms with van der Waals surface area (Å²) in [6.45, 7) is 4.27. The zero-order valence-electron chi connectivity index (χ0n) is 21.1. The summed E-state index contributed by atoms with van der Waals surface area (Å²) < 4.78 is 44.8. The molecule has 1 fully saturated rings. The molecule has 0 aromatic heterocycles. The van der Waals surface area contributed by atoms with Crippen LogP contribution in [-0.2, 0) is 12.8 Å². The second-order valence-electron chi connectivity index (χ2n) is 10.1. The first-order valence-electron chi connectivity index (χ1n) is 13.4. The molecule has 0 nitrogen and oxygen atoms in total. The van der Waals surface area contributed by atoms with Crippen molar-refractivity contribution >= 4 is 0 Å². The highest BCUT2D eigenvalue weighted by Gasteiger charge is 2.27. The Hall–Kier alpha value is -2.55. The van der Waals surface area contributed by atoms with Crippen molar-refractivity contribution in [2.24, 2.45) is 0 Å². The molecule has 1 saturated carbocycles. The van der Waals surface area contributed by atoms with Crippen molar-refractivity contribution in [2.75, 3.05) is 0 Å². The summed E-state index contributed by atoms with van der Waals surface area (Å²) >= 11 is 0. The first kappa shape index (κ1) is 25.5. The third kappa shape index (κ3) is 6.00. The quantitative estimate of drug-likeness (QED) is 0.268. The Labute approximate surface area is 208 Å². The number of aryl methyl sites for hydroxylation is 2. The van der Waals surface area contributed by atoms with Gasteiger partial charge in [-0.25, -0.2) is 13.2 Å². The number of unbranched alkanes of at least 4 members (excludes halogenated alkanes) is 2. The van der Waals surface area contributed by atoms with Crippen LogP contribution >= 0.6 is 0 Å². The summed E-state index contributed by atoms with van der Waals surface area (Å²) in [7, 11) is 0. The Balaban J connectivity index is 1.42. The number of benzene rings is 3. The molecule has 0 aliphatic heterocycles. The molecule has 0 amide bonds. The summed E-state index contributed by atoms with van der Waals surface area (Å²) in [6.07, 6.45) is 9.38. The van der Waals surface area contributed by atoms with E-state index in [0.717, 1.165) is 75.3 Å². The first-order valence-corrected chi connectivity index (χ1v) is 13.4. The van der Waals surface area contributed by atoms with E-state index in [9.17, 15) is 4.39 Å². The summed E-state index contributed by atoms with van der Waals surface area (Å²) in [6, 6.07) is 16.9. The minimum atomic E-state index is -0.756. The Morgan fingerprint density at radius 3 is 2.06 bits per heavy atom. The largest absolute Gasteiger partial charge is 0.207 e. The second kappa shape index (κ2) is 11.9. The molecule has 0 heterocycles. The van der Waals surface area contributed by atoms with Crippen molar-refractivity contribution in [3.8, 4) is 11.1 Å². The molecule has 3 aromatic carbocycles. The predicted molar refractivity (Wildman–Crippen MR) is 139 cm³/mol. The van der Waals surface area contributed by atoms with Crippen molar-refractivity contribution in [3.05, 3.63) is 94.3 Å². The molecule has 3 aromatic rings. The standard InChI is InChI=1S/C32H37F3/c1-3-5-6-8-26-17-18-27(21-30(26)33)23-13-15-25(16-14-23)29-20-19-28(31(34)32(29)35)24-11-9-22(7-4-2)10-12-24/h9-12,17-21,23,25H,3-8,13-16H2,1-2H3. The normalized spacial score (nSPS) is 18.1. The highest BCUT2D eigenvalue weighted by atomic mass is 19.2. The lowest BCUT2D eigenvalue weighted by atomic mass is 9.75. The zero-order chi connectivity index (χ0) is 24.8. The van der Waals surface area contributed by atoms with Crippen molar-refractivity contribution in [1.29, 1.82) is 0 Å². The van der Waals surface area contributed by atoms with Crippen LogP contribution < -0.4 is 0 Å². The molecule has 1 aliphatic carbocycles. The molecule has 0 atom stereocenters. The molecule has 0 N–H and O–H groups in total. The Morgan fingerprint density at radius 2 is 1.40 bits per heavy atom. The van der Waals surface area contributed by atoms with Crippen LogP contribution in [0.3, 0.4) is 0 Å². The number of hydrogen-bond acceptors (Lipinski definition) is 0. The van der Waals surface area contributed by atoms with Crippen molar-refractivity contribution in [3.63, 3.8) is 0 Å². The zero-order valence-corrected chi connectivity index (χ0v) is 21.1. The van der Waals surface area contributed by atoms with Crippen molar-refractivity contribution in [1.82, 2.24) is 0 Å². The van der Waals surface area contributed by atoms with Gasteiger partial charge in [0.2, 0.25) is 0 Å². The van der Waals surface area contributed by atoms with Crippen LogP contribution in [0.1, 0.15) is 99.3 Å². The van der Waals surface area contributed by atoms with E-state index in [4.69, 9.17) is 0 Å². The Morgan fingerprint density at radius 1 is 0.686 bits per heavy atom. The van der Waals surface area contributed by atoms with E-state index >= 15 is 8.78 Å². The van der Waals surface area contributed by atoms with E-state index in [2.05, 4.69) is 19.9 Å². The molecule has 4 rings (SSSR count). The van der Waals surface area contributed by atoms with Gasteiger partial charge in [0.1, 0.15) is 5.82 Å². The molecule has 0 spiro atoms. The third-order valence-corrected chi connectivity index (χ3v) is 7.68. The van der Waals surface area contributed by atoms with Gasteiger partial charge in [-0.1, -0.05) is 81.6 Å². The molecule has 1 aliphatic rings. The van der Waals surface area contributed by atoms with Gasteiger partial charge in [-0.15, -0.1) is 0 Å². The van der Waals surface area contributed by atoms with E-state index in [0.29, 0.717) is 16.7 Å². The lowest BCUT2D eigenvalue weighted by Crippen LogP contribution is -2.14. The molecule has 0 radical (unpaired) electrons. The molecule has 0 unspecified atom stereocenters. The second-order valence-corrected chi connectivity index (χ2v) is 10.1. The molecule has 186 valence electrons. The minimum Gasteiger partial charge on any atom is -0.207 e. The van der Waals surface area contributed by atoms with Crippen LogP contribution in [0.4, 0.5) is 13.2 Å². The van der Waals surface area contributed by atoms with E-state index < -0.39 is 11.6 Å². The van der Waals surface area contributed by atoms with Gasteiger partial charge in [-0.05, 0) is 90.7 Å². The fourth-order valence-electron chi connectivity index (χ4n) is 5.57. The SMILES string of the molecule is CCCCCc1ccc(C2CCC(c3ccc(-c4ccc(CCC)cc4)c(F)c3F)CC2)cc1F. The topological polar surface area (TPSA) is 0 Å². The molecular formula is C32H37F3. The van der Waals surface area contributed by atoms with Crippen LogP contribution in [-0.4, -0.2) is 0 Å². The average Bonchev–Trinajstić information content (AvgIpc) is 2.88. The smallest absolute Gasteiger partial charge is 0.166 e. The first-order chi connectivity index (χ1) is 17.0. The van der Waals surface area contributed by atoms with E-state index in [1.165, 1.54) is 5.56 Å². The maximum absolute atomic E-state index is 15.2. The van der Waals surface area contributed by atoms with Crippen LogP contribution in [0.5, 0.6) is 0 Å². The lowest BCUT2D eigenvalue weighted by Gasteiger charge is -2.29. The fourth-order valence-corrected chi connectivity index (χ4v) is 5.57. The van der Waals surface area contributed by atoms with Crippen molar-refractivity contribution in [2.45, 2.75) is 89.9 Å². The summed E-state index contributed by atoms with van der Waals surface area (Å²) in [5.41, 5.74) is 4.54. The van der Waals surface area contributed by atoms with Gasteiger partial charge in [0.25, 0.3) is 0 Å². The van der Waals surface area contributed by atoms with Crippen LogP contribution in [0, 0.1) is 17.5 Å². The van der Waals surface area contributed by atoms with E-state index in [1.54, 1.807) is 18.2 Å². The monoisotopic (exact) mass is 478 g/mol. The maximum atomic E-state index is 15.2. The maximum Gasteiger partial charge on any atom is 0.166 e. The van der Waals surface area contributed by atoms with Crippen LogP contribution in [0.15, 0.2) is 54.6 Å². The summed E-state index contributed by atoms with van der Waals surface area (Å²) in [5.74, 6) is -1.30. The van der Waals surface area contributed by atoms with Crippen molar-refractivity contribution < 1.29 is 13.2 Å². The van der Waals surface area contributed by atoms with Crippen LogP contribution in [0.25, 0.3) is 11.1 Å². The van der Waals surface area contributed by atoms with Crippen LogP contribution in [0.2, 0.25) is 0 Å². The average molecular weight is 479 g/mol. The molecule has 0 bridgehead atoms. The molecule has 0 saturated heterocycles. The summed E-state index contributed by atoms with van der Waals surface area (Å²) in [5, 5.41) is 0. The number of hydrogen-bond donors (Lipinski definition) is 0. The molecule has 35 heavy (non-hydrogen) atoms. The minimum absolute atomic E-state index is 0.0000980. The number of halogens is 3. The van der Waals surface area contributed by atoms with E-state index in [-0.39, 0.29) is 17.7 Å². The molecule has 3 heteroatoms. The summed E-state index contributed by atoms with van der Waals surface area (Å²) in [4.78, 5) is 0. The van der Waals surface area contributed by atoms with Gasteiger partial charge in [0.15, 0.2) is 11.6 Å². The van der Waals surface area contributed by atoms with Gasteiger partial charge >= 0.3 is 0 Å². The lowest BCUT2D eigenvalue weighted by molar-refractivity contribution is 0.381. The van der Waals surface area contributed by atoms with Gasteiger partial charge in [0.05, 0.1) is 0 Å². The Kier molecular flexibility index (Phi) is 8.70. The van der Waals surface area contributed by atoms with Gasteiger partial charge in [0, 0.05) is 5.56 Å². The van der Waals surface area contributed by atoms with Gasteiger partial charge < -0.3 is 0 Å². The highest BCUT2D eigenvalue weighted by Crippen LogP contribution is 2.42. The fraction of sp³-hybridized carbons (Fsp3) is 0.438. The van der Waals surface area contributed by atoms with Gasteiger partial charge in [-0.2, -0.15) is 0 Å². The highest BCUT2D eigenvalue weighted by molar-refractivity contribution is 5.65. The molecular weight excluding hydrogens is 441 g/mol. The predicted octanol–water partition coefficient (Wildman–Crippen LogP) is 9.90. The Bertz CT molecular complexity index is 1110. The number of rotatable bonds is 9. The van der Waals surface area contributed by atoms with E-state index in [1.807, 2.05) is 30.3 Å².